The Morgan fingerprint density at radius 1 is 1.06 bits per heavy atom. The number of anilines is 2. The smallest absolute Gasteiger partial charge is 0.225 e. The van der Waals surface area contributed by atoms with Crippen LogP contribution in [-0.2, 0) is 16.0 Å². The van der Waals surface area contributed by atoms with E-state index in [0.717, 1.165) is 64.9 Å². The minimum atomic E-state index is -0.0916. The zero-order valence-corrected chi connectivity index (χ0v) is 17.8. The molecule has 8 heteroatoms. The van der Waals surface area contributed by atoms with Gasteiger partial charge in [0.25, 0.3) is 0 Å². The number of hydrogen-bond acceptors (Lipinski definition) is 7. The van der Waals surface area contributed by atoms with Gasteiger partial charge >= 0.3 is 0 Å². The van der Waals surface area contributed by atoms with Crippen LogP contribution in [0.4, 0.5) is 11.6 Å². The van der Waals surface area contributed by atoms with E-state index in [1.165, 1.54) is 11.3 Å². The van der Waals surface area contributed by atoms with Crippen molar-refractivity contribution in [1.82, 2.24) is 20.2 Å². The molecule has 1 aromatic carbocycles. The quantitative estimate of drug-likeness (QED) is 0.764. The zero-order chi connectivity index (χ0) is 21.0. The van der Waals surface area contributed by atoms with Crippen LogP contribution in [0.5, 0.6) is 0 Å². The van der Waals surface area contributed by atoms with Crippen molar-refractivity contribution < 1.29 is 9.53 Å². The molecule has 2 atom stereocenters. The van der Waals surface area contributed by atoms with Crippen LogP contribution in [0, 0.1) is 5.92 Å². The second-order valence-electron chi connectivity index (χ2n) is 8.44. The topological polar surface area (TPSA) is 73.8 Å². The van der Waals surface area contributed by atoms with Gasteiger partial charge in [-0.1, -0.05) is 18.2 Å². The number of carbonyl (C=O) groups excluding carboxylic acids is 1. The van der Waals surface area contributed by atoms with Crippen LogP contribution >= 0.6 is 0 Å². The van der Waals surface area contributed by atoms with Gasteiger partial charge in [0.2, 0.25) is 11.9 Å². The SMILES string of the molecule is O=C(NCCN1CCOCC1)[C@@H]1Cc2ccccc2N2CCN(c3ncccn3)C[C@@H]12. The zero-order valence-electron chi connectivity index (χ0n) is 17.8. The molecule has 5 rings (SSSR count). The number of aromatic nitrogens is 2. The molecule has 2 saturated heterocycles. The van der Waals surface area contributed by atoms with Gasteiger partial charge in [-0.3, -0.25) is 9.69 Å². The fourth-order valence-corrected chi connectivity index (χ4v) is 4.99. The maximum atomic E-state index is 13.3. The number of morpholine rings is 1. The van der Waals surface area contributed by atoms with Crippen molar-refractivity contribution >= 4 is 17.5 Å². The highest BCUT2D eigenvalue weighted by Crippen LogP contribution is 2.36. The third kappa shape index (κ3) is 4.36. The summed E-state index contributed by atoms with van der Waals surface area (Å²) in [6.07, 6.45) is 4.33. The summed E-state index contributed by atoms with van der Waals surface area (Å²) >= 11 is 0. The number of nitrogens with one attached hydrogen (secondary N) is 1. The first-order chi connectivity index (χ1) is 15.3. The summed E-state index contributed by atoms with van der Waals surface area (Å²) in [5.41, 5.74) is 2.52. The fourth-order valence-electron chi connectivity index (χ4n) is 4.99. The maximum absolute atomic E-state index is 13.3. The van der Waals surface area contributed by atoms with Crippen molar-refractivity contribution in [2.45, 2.75) is 12.5 Å². The Balaban J connectivity index is 1.30. The number of fused-ring (bicyclic) bond motifs is 3. The van der Waals surface area contributed by atoms with E-state index < -0.39 is 0 Å². The second kappa shape index (κ2) is 9.20. The number of piperazine rings is 1. The van der Waals surface area contributed by atoms with Gasteiger partial charge in [0, 0.05) is 63.9 Å². The summed E-state index contributed by atoms with van der Waals surface area (Å²) in [6.45, 7) is 7.44. The number of nitrogens with zero attached hydrogens (tertiary/aromatic N) is 5. The predicted molar refractivity (Wildman–Crippen MR) is 119 cm³/mol. The molecule has 164 valence electrons. The Labute approximate surface area is 183 Å². The maximum Gasteiger partial charge on any atom is 0.225 e. The summed E-state index contributed by atoms with van der Waals surface area (Å²) in [4.78, 5) is 29.2. The minimum absolute atomic E-state index is 0.0916. The van der Waals surface area contributed by atoms with Crippen LogP contribution in [-0.4, -0.2) is 85.8 Å². The summed E-state index contributed by atoms with van der Waals surface area (Å²) < 4.78 is 5.41. The van der Waals surface area contributed by atoms with Crippen LogP contribution in [0.25, 0.3) is 0 Å². The lowest BCUT2D eigenvalue weighted by Gasteiger charge is -2.49. The van der Waals surface area contributed by atoms with Gasteiger partial charge in [-0.25, -0.2) is 9.97 Å². The monoisotopic (exact) mass is 422 g/mol. The van der Waals surface area contributed by atoms with E-state index in [0.29, 0.717) is 6.54 Å². The van der Waals surface area contributed by atoms with E-state index >= 15 is 0 Å². The largest absolute Gasteiger partial charge is 0.379 e. The number of amides is 1. The molecular weight excluding hydrogens is 392 g/mol. The van der Waals surface area contributed by atoms with Gasteiger partial charge in [-0.2, -0.15) is 0 Å². The molecule has 8 nitrogen and oxygen atoms in total. The molecule has 4 heterocycles. The summed E-state index contributed by atoms with van der Waals surface area (Å²) in [5, 5.41) is 3.22. The van der Waals surface area contributed by atoms with Crippen LogP contribution in [0.15, 0.2) is 42.7 Å². The first-order valence-electron chi connectivity index (χ1n) is 11.2. The Morgan fingerprint density at radius 3 is 2.71 bits per heavy atom. The second-order valence-corrected chi connectivity index (χ2v) is 8.44. The fraction of sp³-hybridized carbons (Fsp3) is 0.522. The number of carbonyl (C=O) groups is 1. The van der Waals surface area contributed by atoms with Crippen molar-refractivity contribution in [2.75, 3.05) is 68.8 Å². The predicted octanol–water partition coefficient (Wildman–Crippen LogP) is 0.793. The van der Waals surface area contributed by atoms with E-state index in [1.807, 2.05) is 6.07 Å². The number of benzene rings is 1. The molecular formula is C23H30N6O2. The summed E-state index contributed by atoms with van der Waals surface area (Å²) in [7, 11) is 0. The number of rotatable bonds is 5. The molecule has 2 fully saturated rings. The molecule has 3 aliphatic heterocycles. The number of hydrogen-bond donors (Lipinski definition) is 1. The number of ether oxygens (including phenoxy) is 1. The highest BCUT2D eigenvalue weighted by Gasteiger charge is 2.41. The molecule has 1 amide bonds. The molecule has 0 aliphatic carbocycles. The Kier molecular flexibility index (Phi) is 5.99. The van der Waals surface area contributed by atoms with Gasteiger partial charge in [-0.15, -0.1) is 0 Å². The third-order valence-electron chi connectivity index (χ3n) is 6.63. The molecule has 1 aromatic heterocycles. The molecule has 0 saturated carbocycles. The van der Waals surface area contributed by atoms with Crippen LogP contribution in [0.3, 0.4) is 0 Å². The van der Waals surface area contributed by atoms with E-state index in [9.17, 15) is 4.79 Å². The van der Waals surface area contributed by atoms with Crippen molar-refractivity contribution in [1.29, 1.82) is 0 Å². The molecule has 0 radical (unpaired) electrons. The molecule has 0 spiro atoms. The van der Waals surface area contributed by atoms with Crippen molar-refractivity contribution in [3.63, 3.8) is 0 Å². The van der Waals surface area contributed by atoms with Gasteiger partial charge in [-0.05, 0) is 24.1 Å². The highest BCUT2D eigenvalue weighted by atomic mass is 16.5. The first-order valence-corrected chi connectivity index (χ1v) is 11.2. The standard InChI is InChI=1S/C23H30N6O2/c30-22(24-8-9-27-12-14-31-15-13-27)19-16-18-4-1-2-5-20(18)29-11-10-28(17-21(19)29)23-25-6-3-7-26-23/h1-7,19,21H,8-17H2,(H,24,30)/t19-,21+/m1/s1. The molecule has 3 aliphatic rings. The van der Waals surface area contributed by atoms with Crippen LogP contribution < -0.4 is 15.1 Å². The van der Waals surface area contributed by atoms with Crippen LogP contribution in [0.2, 0.25) is 0 Å². The van der Waals surface area contributed by atoms with Crippen LogP contribution in [0.1, 0.15) is 5.56 Å². The molecule has 0 unspecified atom stereocenters. The van der Waals surface area contributed by atoms with Crippen molar-refractivity contribution in [2.24, 2.45) is 5.92 Å². The lowest BCUT2D eigenvalue weighted by Crippen LogP contribution is -2.61. The summed E-state index contributed by atoms with van der Waals surface area (Å²) in [5.74, 6) is 0.798. The Morgan fingerprint density at radius 2 is 1.87 bits per heavy atom. The summed E-state index contributed by atoms with van der Waals surface area (Å²) in [6, 6.07) is 10.4. The van der Waals surface area contributed by atoms with Gasteiger partial charge in [0.1, 0.15) is 0 Å². The van der Waals surface area contributed by atoms with Crippen molar-refractivity contribution in [3.8, 4) is 0 Å². The molecule has 2 aromatic rings. The minimum Gasteiger partial charge on any atom is -0.379 e. The Hall–Kier alpha value is -2.71. The molecule has 1 N–H and O–H groups in total. The van der Waals surface area contributed by atoms with E-state index in [2.05, 4.69) is 54.2 Å². The lowest BCUT2D eigenvalue weighted by atomic mass is 9.83. The average molecular weight is 423 g/mol. The first kappa shape index (κ1) is 20.2. The van der Waals surface area contributed by atoms with E-state index in [4.69, 9.17) is 4.74 Å². The van der Waals surface area contributed by atoms with Crippen molar-refractivity contribution in [3.05, 3.63) is 48.3 Å². The molecule has 0 bridgehead atoms. The number of para-hydroxylation sites is 1. The lowest BCUT2D eigenvalue weighted by molar-refractivity contribution is -0.125. The average Bonchev–Trinajstić information content (AvgIpc) is 2.84. The third-order valence-corrected chi connectivity index (χ3v) is 6.63. The van der Waals surface area contributed by atoms with E-state index in [-0.39, 0.29) is 17.9 Å². The Bertz CT molecular complexity index is 889. The molecule has 31 heavy (non-hydrogen) atoms. The van der Waals surface area contributed by atoms with Gasteiger partial charge < -0.3 is 19.9 Å². The van der Waals surface area contributed by atoms with Gasteiger partial charge in [0.05, 0.1) is 25.2 Å². The van der Waals surface area contributed by atoms with E-state index in [1.54, 1.807) is 12.4 Å². The normalized spacial score (nSPS) is 23.7. The van der Waals surface area contributed by atoms with Gasteiger partial charge in [0.15, 0.2) is 0 Å². The highest BCUT2D eigenvalue weighted by molar-refractivity contribution is 5.82.